The van der Waals surface area contributed by atoms with Gasteiger partial charge in [-0.2, -0.15) is 4.98 Å². The van der Waals surface area contributed by atoms with E-state index in [9.17, 15) is 8.78 Å². The molecule has 7 rings (SSSR count). The Morgan fingerprint density at radius 1 is 1.12 bits per heavy atom. The third-order valence-corrected chi connectivity index (χ3v) is 9.90. The summed E-state index contributed by atoms with van der Waals surface area (Å²) < 4.78 is 38.4. The molecular weight excluding hydrogens is 562 g/mol. The molecule has 1 aliphatic carbocycles. The van der Waals surface area contributed by atoms with Gasteiger partial charge in [-0.1, -0.05) is 23.7 Å². The highest BCUT2D eigenvalue weighted by Crippen LogP contribution is 2.51. The highest BCUT2D eigenvalue weighted by molar-refractivity contribution is 6.31. The number of anilines is 1. The lowest BCUT2D eigenvalue weighted by Gasteiger charge is -2.52. The smallest absolute Gasteiger partial charge is 0.258 e. The Labute approximate surface area is 248 Å². The van der Waals surface area contributed by atoms with Crippen molar-refractivity contribution in [1.29, 1.82) is 0 Å². The number of alkyl halides is 2. The molecule has 0 N–H and O–H groups in total. The fourth-order valence-corrected chi connectivity index (χ4v) is 7.43. The van der Waals surface area contributed by atoms with Crippen LogP contribution in [0.2, 0.25) is 5.02 Å². The zero-order valence-corrected chi connectivity index (χ0v) is 25.2. The number of hydrogen-bond acceptors (Lipinski definition) is 7. The molecule has 2 unspecified atom stereocenters. The van der Waals surface area contributed by atoms with Gasteiger partial charge in [0, 0.05) is 55.7 Å². The van der Waals surface area contributed by atoms with Gasteiger partial charge in [-0.3, -0.25) is 4.90 Å². The van der Waals surface area contributed by atoms with Gasteiger partial charge in [-0.05, 0) is 63.6 Å². The van der Waals surface area contributed by atoms with Crippen LogP contribution in [-0.2, 0) is 11.3 Å². The average molecular weight is 599 g/mol. The Morgan fingerprint density at radius 2 is 1.93 bits per heavy atom. The van der Waals surface area contributed by atoms with Gasteiger partial charge in [0.2, 0.25) is 5.92 Å². The molecule has 224 valence electrons. The van der Waals surface area contributed by atoms with Crippen molar-refractivity contribution in [3.05, 3.63) is 46.5 Å². The van der Waals surface area contributed by atoms with Gasteiger partial charge >= 0.3 is 0 Å². The first kappa shape index (κ1) is 27.9. The summed E-state index contributed by atoms with van der Waals surface area (Å²) in [5, 5.41) is 9.17. The van der Waals surface area contributed by atoms with Crippen molar-refractivity contribution in [3.8, 4) is 0 Å². The predicted molar refractivity (Wildman–Crippen MR) is 157 cm³/mol. The maximum atomic E-state index is 14.2. The third-order valence-electron chi connectivity index (χ3n) is 9.47. The van der Waals surface area contributed by atoms with Gasteiger partial charge < -0.3 is 14.2 Å². The second kappa shape index (κ2) is 10.4. The van der Waals surface area contributed by atoms with Crippen LogP contribution in [0.3, 0.4) is 0 Å². The number of benzene rings is 1. The quantitative estimate of drug-likeness (QED) is 0.286. The van der Waals surface area contributed by atoms with Crippen LogP contribution in [0.25, 0.3) is 16.9 Å². The number of halogens is 3. The number of piperazine rings is 1. The SMILES string of the molecule is Cc1cc(C(C2CC(F)(F)C2)N2C[C@H](C)N(c3nc4nncn4c4c3nc(C)n4CC3CCCO3)C[C@H]2C)ccc1Cl. The maximum absolute atomic E-state index is 14.2. The van der Waals surface area contributed by atoms with Crippen molar-refractivity contribution in [2.24, 2.45) is 5.92 Å². The Balaban J connectivity index is 1.24. The van der Waals surface area contributed by atoms with Crippen LogP contribution >= 0.6 is 11.6 Å². The van der Waals surface area contributed by atoms with Crippen LogP contribution in [0.1, 0.15) is 62.5 Å². The first-order valence-electron chi connectivity index (χ1n) is 14.9. The molecule has 12 heteroatoms. The normalized spacial score (nSPS) is 25.9. The molecule has 1 saturated carbocycles. The summed E-state index contributed by atoms with van der Waals surface area (Å²) in [5.41, 5.74) is 3.75. The molecular formula is C30H37ClF2N8O. The Hall–Kier alpha value is -2.89. The van der Waals surface area contributed by atoms with Crippen LogP contribution in [0.4, 0.5) is 14.6 Å². The molecule has 3 aliphatic rings. The van der Waals surface area contributed by atoms with Gasteiger partial charge in [-0.25, -0.2) is 18.2 Å². The minimum absolute atomic E-state index is 0.0578. The van der Waals surface area contributed by atoms with E-state index in [4.69, 9.17) is 26.3 Å². The van der Waals surface area contributed by atoms with Crippen molar-refractivity contribution < 1.29 is 13.5 Å². The summed E-state index contributed by atoms with van der Waals surface area (Å²) in [6.45, 7) is 11.2. The topological polar surface area (TPSA) is 76.6 Å². The van der Waals surface area contributed by atoms with E-state index >= 15 is 0 Å². The van der Waals surface area contributed by atoms with Crippen molar-refractivity contribution in [3.63, 3.8) is 0 Å². The first-order chi connectivity index (χ1) is 20.1. The number of imidazole rings is 1. The maximum Gasteiger partial charge on any atom is 0.258 e. The van der Waals surface area contributed by atoms with Crippen LogP contribution < -0.4 is 4.90 Å². The van der Waals surface area contributed by atoms with Crippen molar-refractivity contribution >= 4 is 34.4 Å². The zero-order valence-electron chi connectivity index (χ0n) is 24.5. The number of ether oxygens (including phenoxy) is 1. The van der Waals surface area contributed by atoms with E-state index in [0.717, 1.165) is 53.4 Å². The zero-order chi connectivity index (χ0) is 29.3. The van der Waals surface area contributed by atoms with E-state index in [2.05, 4.69) is 44.5 Å². The molecule has 3 fully saturated rings. The molecule has 4 aromatic rings. The van der Waals surface area contributed by atoms with Gasteiger partial charge in [0.05, 0.1) is 12.6 Å². The molecule has 3 aromatic heterocycles. The van der Waals surface area contributed by atoms with Gasteiger partial charge in [0.25, 0.3) is 5.78 Å². The molecule has 2 saturated heterocycles. The summed E-state index contributed by atoms with van der Waals surface area (Å²) in [4.78, 5) is 14.7. The van der Waals surface area contributed by atoms with E-state index in [-0.39, 0.29) is 43.0 Å². The Bertz CT molecular complexity index is 1620. The fourth-order valence-electron chi connectivity index (χ4n) is 7.31. The van der Waals surface area contributed by atoms with E-state index < -0.39 is 5.92 Å². The van der Waals surface area contributed by atoms with Crippen LogP contribution in [-0.4, -0.2) is 77.8 Å². The van der Waals surface area contributed by atoms with Crippen LogP contribution in [0, 0.1) is 19.8 Å². The lowest BCUT2D eigenvalue weighted by molar-refractivity contribution is -0.137. The summed E-state index contributed by atoms with van der Waals surface area (Å²) in [6.07, 6.45) is 3.76. The van der Waals surface area contributed by atoms with Crippen molar-refractivity contribution in [2.75, 3.05) is 24.6 Å². The fraction of sp³-hybridized carbons (Fsp3) is 0.600. The van der Waals surface area contributed by atoms with Crippen LogP contribution in [0.5, 0.6) is 0 Å². The second-order valence-electron chi connectivity index (χ2n) is 12.5. The summed E-state index contributed by atoms with van der Waals surface area (Å²) in [7, 11) is 0. The lowest BCUT2D eigenvalue weighted by atomic mass is 9.73. The van der Waals surface area contributed by atoms with E-state index in [1.165, 1.54) is 0 Å². The molecule has 0 spiro atoms. The van der Waals surface area contributed by atoms with Gasteiger partial charge in [-0.15, -0.1) is 10.2 Å². The number of aromatic nitrogens is 6. The lowest BCUT2D eigenvalue weighted by Crippen LogP contribution is -2.59. The summed E-state index contributed by atoms with van der Waals surface area (Å²) >= 11 is 6.35. The van der Waals surface area contributed by atoms with Crippen molar-refractivity contribution in [2.45, 2.75) is 90.1 Å². The minimum Gasteiger partial charge on any atom is -0.376 e. The largest absolute Gasteiger partial charge is 0.376 e. The van der Waals surface area contributed by atoms with Gasteiger partial charge in [0.1, 0.15) is 17.7 Å². The molecule has 42 heavy (non-hydrogen) atoms. The molecule has 5 heterocycles. The molecule has 4 atom stereocenters. The molecule has 9 nitrogen and oxygen atoms in total. The van der Waals surface area contributed by atoms with E-state index in [1.807, 2.05) is 30.4 Å². The number of fused-ring (bicyclic) bond motifs is 3. The Morgan fingerprint density at radius 3 is 2.64 bits per heavy atom. The minimum atomic E-state index is -2.59. The molecule has 2 aliphatic heterocycles. The third kappa shape index (κ3) is 4.73. The predicted octanol–water partition coefficient (Wildman–Crippen LogP) is 5.61. The monoisotopic (exact) mass is 598 g/mol. The molecule has 0 radical (unpaired) electrons. The number of nitrogens with zero attached hydrogens (tertiary/aromatic N) is 8. The van der Waals surface area contributed by atoms with E-state index in [0.29, 0.717) is 30.4 Å². The number of aryl methyl sites for hydroxylation is 2. The Kier molecular flexibility index (Phi) is 6.90. The van der Waals surface area contributed by atoms with E-state index in [1.54, 1.807) is 6.33 Å². The number of rotatable bonds is 6. The standard InChI is InChI=1S/C30H37ClF2N8O/c1-17-10-21(7-8-24(17)31)26(22-11-30(32,33)12-22)38-13-19(3)39(14-18(38)2)27-25-28(41-16-34-37-29(41)36-27)40(20(4)35-25)15-23-6-5-9-42-23/h7-8,10,16,18-19,22-23,26H,5-6,9,11-15H2,1-4H3/t18-,19+,23?,26?/m1/s1. The molecule has 1 aromatic carbocycles. The van der Waals surface area contributed by atoms with Crippen molar-refractivity contribution in [1.82, 2.24) is 34.0 Å². The average Bonchev–Trinajstić information content (AvgIpc) is 3.68. The second-order valence-corrected chi connectivity index (χ2v) is 12.9. The molecule has 0 amide bonds. The molecule has 0 bridgehead atoms. The summed E-state index contributed by atoms with van der Waals surface area (Å²) in [5.74, 6) is -0.500. The van der Waals surface area contributed by atoms with Gasteiger partial charge in [0.15, 0.2) is 11.5 Å². The highest BCUT2D eigenvalue weighted by atomic mass is 35.5. The number of hydrogen-bond donors (Lipinski definition) is 0. The first-order valence-corrected chi connectivity index (χ1v) is 15.3. The summed E-state index contributed by atoms with van der Waals surface area (Å²) in [6, 6.07) is 6.00. The van der Waals surface area contributed by atoms with Crippen LogP contribution in [0.15, 0.2) is 24.5 Å². The highest BCUT2D eigenvalue weighted by Gasteiger charge is 2.51.